The summed E-state index contributed by atoms with van der Waals surface area (Å²) in [6.07, 6.45) is 3.99. The highest BCUT2D eigenvalue weighted by Gasteiger charge is 2.24. The van der Waals surface area contributed by atoms with Crippen LogP contribution in [-0.2, 0) is 16.1 Å². The second kappa shape index (κ2) is 12.4. The Morgan fingerprint density at radius 1 is 1.03 bits per heavy atom. The molecule has 2 aliphatic heterocycles. The van der Waals surface area contributed by atoms with Crippen LogP contribution in [0.3, 0.4) is 0 Å². The van der Waals surface area contributed by atoms with E-state index in [2.05, 4.69) is 31.7 Å². The molecule has 0 aliphatic carbocycles. The van der Waals surface area contributed by atoms with Crippen LogP contribution in [0.2, 0.25) is 10.0 Å². The minimum absolute atomic E-state index is 0.110. The van der Waals surface area contributed by atoms with Crippen LogP contribution >= 0.6 is 23.2 Å². The van der Waals surface area contributed by atoms with Crippen LogP contribution in [0.5, 0.6) is 11.6 Å². The van der Waals surface area contributed by atoms with Gasteiger partial charge in [-0.2, -0.15) is 0 Å². The number of likely N-dealkylation sites (tertiary alicyclic amines) is 1. The molecule has 12 heteroatoms. The van der Waals surface area contributed by atoms with E-state index in [4.69, 9.17) is 42.8 Å². The summed E-state index contributed by atoms with van der Waals surface area (Å²) < 4.78 is 11.6. The van der Waals surface area contributed by atoms with Gasteiger partial charge < -0.3 is 24.4 Å². The van der Waals surface area contributed by atoms with Gasteiger partial charge in [0.2, 0.25) is 11.8 Å². The summed E-state index contributed by atoms with van der Waals surface area (Å²) in [4.78, 5) is 31.3. The number of carbonyl (C=O) groups is 1. The predicted molar refractivity (Wildman–Crippen MR) is 149 cm³/mol. The first-order valence-electron chi connectivity index (χ1n) is 12.8. The van der Waals surface area contributed by atoms with Crippen LogP contribution in [0.1, 0.15) is 12.0 Å². The Labute approximate surface area is 237 Å². The van der Waals surface area contributed by atoms with Crippen molar-refractivity contribution in [1.29, 1.82) is 0 Å². The average molecular weight is 573 g/mol. The first-order valence-corrected chi connectivity index (χ1v) is 13.5. The third kappa shape index (κ3) is 7.55. The molecule has 3 aromatic rings. The second-order valence-corrected chi connectivity index (χ2v) is 10.7. The van der Waals surface area contributed by atoms with Gasteiger partial charge >= 0.3 is 5.97 Å². The van der Waals surface area contributed by atoms with Crippen molar-refractivity contribution in [3.8, 4) is 22.9 Å². The Morgan fingerprint density at radius 3 is 2.44 bits per heavy atom. The maximum atomic E-state index is 10.9. The lowest BCUT2D eigenvalue weighted by Gasteiger charge is -2.32. The third-order valence-corrected chi connectivity index (χ3v) is 7.16. The molecule has 2 aromatic heterocycles. The van der Waals surface area contributed by atoms with Crippen LogP contribution in [0, 0.1) is 0 Å². The van der Waals surface area contributed by atoms with Crippen LogP contribution in [0.4, 0.5) is 5.95 Å². The molecule has 0 saturated carbocycles. The van der Waals surface area contributed by atoms with Gasteiger partial charge in [0.1, 0.15) is 6.61 Å². The lowest BCUT2D eigenvalue weighted by Crippen LogP contribution is -2.45. The average Bonchev–Trinajstić information content (AvgIpc) is 3.35. The molecule has 1 unspecified atom stereocenters. The van der Waals surface area contributed by atoms with E-state index in [0.29, 0.717) is 46.4 Å². The molecule has 1 aromatic carbocycles. The summed E-state index contributed by atoms with van der Waals surface area (Å²) >= 11 is 12.5. The van der Waals surface area contributed by atoms with E-state index in [1.807, 2.05) is 24.3 Å². The van der Waals surface area contributed by atoms with Crippen molar-refractivity contribution >= 4 is 35.1 Å². The quantitative estimate of drug-likeness (QED) is 0.403. The van der Waals surface area contributed by atoms with Crippen LogP contribution in [-0.4, -0.2) is 94.9 Å². The van der Waals surface area contributed by atoms with Gasteiger partial charge in [0, 0.05) is 67.5 Å². The van der Waals surface area contributed by atoms with Crippen LogP contribution in [0.15, 0.2) is 42.7 Å². The summed E-state index contributed by atoms with van der Waals surface area (Å²) in [5.41, 5.74) is 2.41. The van der Waals surface area contributed by atoms with Crippen molar-refractivity contribution in [1.82, 2.24) is 24.8 Å². The topological polar surface area (TPSA) is 104 Å². The van der Waals surface area contributed by atoms with Crippen molar-refractivity contribution in [3.05, 3.63) is 58.3 Å². The van der Waals surface area contributed by atoms with Crippen molar-refractivity contribution in [2.75, 3.05) is 57.8 Å². The molecule has 2 fully saturated rings. The summed E-state index contributed by atoms with van der Waals surface area (Å²) in [7, 11) is 2.11. The van der Waals surface area contributed by atoms with E-state index < -0.39 is 5.97 Å². The maximum Gasteiger partial charge on any atom is 0.329 e. The minimum Gasteiger partial charge on any atom is -0.480 e. The van der Waals surface area contributed by atoms with E-state index in [1.54, 1.807) is 18.5 Å². The molecule has 2 saturated heterocycles. The Morgan fingerprint density at radius 2 is 1.74 bits per heavy atom. The summed E-state index contributed by atoms with van der Waals surface area (Å²) in [6.45, 7) is 5.47. The van der Waals surface area contributed by atoms with Gasteiger partial charge in [-0.05, 0) is 43.3 Å². The van der Waals surface area contributed by atoms with Crippen molar-refractivity contribution in [3.63, 3.8) is 0 Å². The van der Waals surface area contributed by atoms with Gasteiger partial charge in [-0.25, -0.2) is 19.7 Å². The number of hydrogen-bond donors (Lipinski definition) is 1. The Kier molecular flexibility index (Phi) is 8.79. The van der Waals surface area contributed by atoms with Crippen molar-refractivity contribution in [2.45, 2.75) is 19.1 Å². The van der Waals surface area contributed by atoms with Crippen LogP contribution < -0.4 is 9.64 Å². The summed E-state index contributed by atoms with van der Waals surface area (Å²) in [6, 6.07) is 9.16. The molecule has 39 heavy (non-hydrogen) atoms. The number of aliphatic carboxylic acids is 1. The smallest absolute Gasteiger partial charge is 0.329 e. The molecule has 0 bridgehead atoms. The molecule has 1 N–H and O–H groups in total. The van der Waals surface area contributed by atoms with Gasteiger partial charge in [-0.15, -0.1) is 0 Å². The molecule has 2 aliphatic rings. The third-order valence-electron chi connectivity index (χ3n) is 6.72. The molecule has 206 valence electrons. The standard InChI is InChI=1S/C27H30Cl2N6O4/c1-33-4-6-35(7-5-33)27-30-13-23(14-31-27)39-25-9-18(15-34-3-2-22(16-34)38-17-26(36)37)8-24(32-25)19-10-20(28)12-21(29)11-19/h8-14,22H,2-7,15-17H2,1H3,(H,36,37). The number of hydrogen-bond acceptors (Lipinski definition) is 9. The zero-order chi connectivity index (χ0) is 27.4. The zero-order valence-electron chi connectivity index (χ0n) is 21.6. The van der Waals surface area contributed by atoms with E-state index in [9.17, 15) is 4.79 Å². The number of rotatable bonds is 9. The molecule has 0 amide bonds. The number of nitrogens with zero attached hydrogens (tertiary/aromatic N) is 6. The Hall–Kier alpha value is -3.02. The first kappa shape index (κ1) is 27.5. The highest BCUT2D eigenvalue weighted by Crippen LogP contribution is 2.30. The van der Waals surface area contributed by atoms with Crippen LogP contribution in [0.25, 0.3) is 11.3 Å². The van der Waals surface area contributed by atoms with Gasteiger partial charge in [-0.3, -0.25) is 4.90 Å². The van der Waals surface area contributed by atoms with Gasteiger partial charge in [0.25, 0.3) is 0 Å². The molecule has 0 spiro atoms. The first-order chi connectivity index (χ1) is 18.8. The summed E-state index contributed by atoms with van der Waals surface area (Å²) in [5, 5.41) is 9.93. The fourth-order valence-electron chi connectivity index (χ4n) is 4.73. The van der Waals surface area contributed by atoms with Crippen molar-refractivity contribution in [2.24, 2.45) is 0 Å². The van der Waals surface area contributed by atoms with E-state index >= 15 is 0 Å². The summed E-state index contributed by atoms with van der Waals surface area (Å²) in [5.74, 6) is 0.596. The SMILES string of the molecule is CN1CCN(c2ncc(Oc3cc(CN4CCC(OCC(=O)O)C4)cc(-c4cc(Cl)cc(Cl)c4)n3)cn2)CC1. The van der Waals surface area contributed by atoms with Gasteiger partial charge in [0.15, 0.2) is 5.75 Å². The number of carboxylic acid groups (broad SMARTS) is 1. The zero-order valence-corrected chi connectivity index (χ0v) is 23.1. The Bertz CT molecular complexity index is 1280. The number of carboxylic acids is 1. The fraction of sp³-hybridized carbons (Fsp3) is 0.407. The maximum absolute atomic E-state index is 10.9. The van der Waals surface area contributed by atoms with E-state index in [-0.39, 0.29) is 12.7 Å². The number of piperazine rings is 1. The normalized spacial score (nSPS) is 18.4. The van der Waals surface area contributed by atoms with Gasteiger partial charge in [0.05, 0.1) is 24.2 Å². The molecule has 0 radical (unpaired) electrons. The molecule has 4 heterocycles. The molecular formula is C27H30Cl2N6O4. The lowest BCUT2D eigenvalue weighted by atomic mass is 10.1. The largest absolute Gasteiger partial charge is 0.480 e. The van der Waals surface area contributed by atoms with E-state index in [0.717, 1.165) is 50.3 Å². The lowest BCUT2D eigenvalue weighted by molar-refractivity contribution is -0.144. The molecule has 1 atom stereocenters. The van der Waals surface area contributed by atoms with Gasteiger partial charge in [-0.1, -0.05) is 23.2 Å². The fourth-order valence-corrected chi connectivity index (χ4v) is 5.26. The van der Waals surface area contributed by atoms with E-state index in [1.165, 1.54) is 0 Å². The monoisotopic (exact) mass is 572 g/mol. The Balaban J connectivity index is 1.35. The number of anilines is 1. The second-order valence-electron chi connectivity index (χ2n) is 9.82. The number of halogens is 2. The molecular weight excluding hydrogens is 543 g/mol. The highest BCUT2D eigenvalue weighted by molar-refractivity contribution is 6.35. The molecule has 5 rings (SSSR count). The number of aromatic nitrogens is 3. The molecule has 10 nitrogen and oxygen atoms in total. The highest BCUT2D eigenvalue weighted by atomic mass is 35.5. The minimum atomic E-state index is -0.963. The predicted octanol–water partition coefficient (Wildman–Crippen LogP) is 4.07. The van der Waals surface area contributed by atoms with Crippen molar-refractivity contribution < 1.29 is 19.4 Å². The number of pyridine rings is 1. The number of benzene rings is 1. The number of ether oxygens (including phenoxy) is 2. The number of likely N-dealkylation sites (N-methyl/N-ethyl adjacent to an activating group) is 1.